The first-order chi connectivity index (χ1) is 8.13. The lowest BCUT2D eigenvalue weighted by Crippen LogP contribution is -2.35. The van der Waals surface area contributed by atoms with E-state index < -0.39 is 0 Å². The van der Waals surface area contributed by atoms with E-state index in [2.05, 4.69) is 27.5 Å². The molecule has 0 aliphatic carbocycles. The van der Waals surface area contributed by atoms with Crippen LogP contribution in [0.25, 0.3) is 0 Å². The third-order valence-corrected chi connectivity index (χ3v) is 3.60. The number of hydrogen-bond acceptors (Lipinski definition) is 3. The van der Waals surface area contributed by atoms with E-state index in [-0.39, 0.29) is 11.9 Å². The molecule has 0 aliphatic heterocycles. The third kappa shape index (κ3) is 5.46. The van der Waals surface area contributed by atoms with Crippen LogP contribution in [0.3, 0.4) is 0 Å². The van der Waals surface area contributed by atoms with E-state index in [4.69, 9.17) is 5.73 Å². The predicted octanol–water partition coefficient (Wildman–Crippen LogP) is 2.86. The van der Waals surface area contributed by atoms with Gasteiger partial charge in [-0.15, -0.1) is 0 Å². The Morgan fingerprint density at radius 3 is 2.65 bits per heavy atom. The zero-order valence-corrected chi connectivity index (χ0v) is 12.2. The lowest BCUT2D eigenvalue weighted by Gasteiger charge is -2.16. The molecule has 0 aliphatic rings. The van der Waals surface area contributed by atoms with Crippen LogP contribution in [0.4, 0.5) is 5.69 Å². The summed E-state index contributed by atoms with van der Waals surface area (Å²) in [6.07, 6.45) is 3.81. The largest absolute Gasteiger partial charge is 0.374 e. The first-order valence-corrected chi connectivity index (χ1v) is 7.62. The van der Waals surface area contributed by atoms with Crippen molar-refractivity contribution in [3.05, 3.63) is 28.7 Å². The fraction of sp³-hybridized carbons (Fsp3) is 0.417. The van der Waals surface area contributed by atoms with Gasteiger partial charge in [-0.3, -0.25) is 4.79 Å². The lowest BCUT2D eigenvalue weighted by molar-refractivity contribution is -0.118. The summed E-state index contributed by atoms with van der Waals surface area (Å²) in [6, 6.07) is 7.43. The Labute approximate surface area is 115 Å². The van der Waals surface area contributed by atoms with Crippen molar-refractivity contribution in [2.45, 2.75) is 18.9 Å². The van der Waals surface area contributed by atoms with Crippen molar-refractivity contribution in [2.24, 2.45) is 5.73 Å². The molecule has 1 rings (SSSR count). The van der Waals surface area contributed by atoms with Crippen LogP contribution in [0.15, 0.2) is 28.7 Å². The molecular weight excluding hydrogens is 300 g/mol. The molecule has 1 atom stereocenters. The van der Waals surface area contributed by atoms with Gasteiger partial charge in [0.1, 0.15) is 6.04 Å². The van der Waals surface area contributed by atoms with Gasteiger partial charge in [0, 0.05) is 10.2 Å². The maximum absolute atomic E-state index is 11.3. The molecule has 3 N–H and O–H groups in total. The van der Waals surface area contributed by atoms with Crippen LogP contribution in [0.2, 0.25) is 0 Å². The van der Waals surface area contributed by atoms with E-state index in [0.29, 0.717) is 0 Å². The number of anilines is 1. The summed E-state index contributed by atoms with van der Waals surface area (Å²) >= 11 is 5.15. The maximum Gasteiger partial charge on any atom is 0.239 e. The number of rotatable bonds is 7. The second kappa shape index (κ2) is 7.61. The smallest absolute Gasteiger partial charge is 0.239 e. The molecule has 94 valence electrons. The van der Waals surface area contributed by atoms with Gasteiger partial charge in [0.15, 0.2) is 0 Å². The highest BCUT2D eigenvalue weighted by atomic mass is 79.9. The minimum absolute atomic E-state index is 0.289. The summed E-state index contributed by atoms with van der Waals surface area (Å²) in [6.45, 7) is 0. The van der Waals surface area contributed by atoms with E-state index in [9.17, 15) is 4.79 Å². The van der Waals surface area contributed by atoms with Gasteiger partial charge in [-0.05, 0) is 49.1 Å². The summed E-state index contributed by atoms with van der Waals surface area (Å²) < 4.78 is 1.01. The Morgan fingerprint density at radius 1 is 1.47 bits per heavy atom. The number of amides is 1. The Bertz CT molecular complexity index is 356. The van der Waals surface area contributed by atoms with Crippen LogP contribution in [0, 0.1) is 0 Å². The van der Waals surface area contributed by atoms with E-state index in [1.54, 1.807) is 11.8 Å². The van der Waals surface area contributed by atoms with Crippen molar-refractivity contribution in [1.29, 1.82) is 0 Å². The van der Waals surface area contributed by atoms with Gasteiger partial charge in [-0.25, -0.2) is 0 Å². The van der Waals surface area contributed by atoms with Crippen LogP contribution in [0.5, 0.6) is 0 Å². The zero-order valence-electron chi connectivity index (χ0n) is 9.78. The summed E-state index contributed by atoms with van der Waals surface area (Å²) in [5, 5.41) is 3.16. The summed E-state index contributed by atoms with van der Waals surface area (Å²) in [4.78, 5) is 11.3. The number of thioether (sulfide) groups is 1. The van der Waals surface area contributed by atoms with Crippen LogP contribution < -0.4 is 11.1 Å². The Hall–Kier alpha value is -0.680. The maximum atomic E-state index is 11.3. The standard InChI is InChI=1S/C12H17BrN2OS/c1-17-8-2-3-11(12(14)16)15-10-6-4-9(13)5-7-10/h4-7,11,15H,2-3,8H2,1H3,(H2,14,16). The van der Waals surface area contributed by atoms with E-state index in [1.165, 1.54) is 0 Å². The zero-order chi connectivity index (χ0) is 12.7. The minimum atomic E-state index is -0.297. The molecule has 0 fully saturated rings. The van der Waals surface area contributed by atoms with Gasteiger partial charge in [0.25, 0.3) is 0 Å². The van der Waals surface area contributed by atoms with Crippen LogP contribution in [-0.4, -0.2) is 24.0 Å². The second-order valence-electron chi connectivity index (χ2n) is 3.74. The molecule has 0 heterocycles. The van der Waals surface area contributed by atoms with E-state index in [1.807, 2.05) is 24.3 Å². The highest BCUT2D eigenvalue weighted by molar-refractivity contribution is 9.10. The quantitative estimate of drug-likeness (QED) is 0.760. The number of nitrogens with two attached hydrogens (primary N) is 1. The Kier molecular flexibility index (Phi) is 6.44. The molecule has 5 heteroatoms. The molecule has 0 saturated heterocycles. The normalized spacial score (nSPS) is 12.1. The van der Waals surface area contributed by atoms with E-state index in [0.717, 1.165) is 28.8 Å². The van der Waals surface area contributed by atoms with Crippen molar-refractivity contribution in [3.63, 3.8) is 0 Å². The average Bonchev–Trinajstić information content (AvgIpc) is 2.30. The molecule has 1 unspecified atom stereocenters. The molecule has 3 nitrogen and oxygen atoms in total. The van der Waals surface area contributed by atoms with Crippen molar-refractivity contribution < 1.29 is 4.79 Å². The van der Waals surface area contributed by atoms with E-state index >= 15 is 0 Å². The predicted molar refractivity (Wildman–Crippen MR) is 78.4 cm³/mol. The van der Waals surface area contributed by atoms with Gasteiger partial charge in [0.05, 0.1) is 0 Å². The van der Waals surface area contributed by atoms with Crippen LogP contribution in [0.1, 0.15) is 12.8 Å². The fourth-order valence-electron chi connectivity index (χ4n) is 1.46. The number of benzene rings is 1. The van der Waals surface area contributed by atoms with Crippen LogP contribution in [-0.2, 0) is 4.79 Å². The van der Waals surface area contributed by atoms with Crippen LogP contribution >= 0.6 is 27.7 Å². The monoisotopic (exact) mass is 316 g/mol. The Morgan fingerprint density at radius 2 is 2.12 bits per heavy atom. The number of halogens is 1. The van der Waals surface area contributed by atoms with Crippen molar-refractivity contribution in [1.82, 2.24) is 0 Å². The van der Waals surface area contributed by atoms with Gasteiger partial charge >= 0.3 is 0 Å². The highest BCUT2D eigenvalue weighted by Crippen LogP contribution is 2.16. The number of primary amides is 1. The molecule has 1 aromatic carbocycles. The third-order valence-electron chi connectivity index (χ3n) is 2.37. The Balaban J connectivity index is 2.54. The fourth-order valence-corrected chi connectivity index (χ4v) is 2.18. The molecule has 0 radical (unpaired) electrons. The topological polar surface area (TPSA) is 55.1 Å². The first kappa shape index (κ1) is 14.4. The number of carbonyl (C=O) groups excluding carboxylic acids is 1. The minimum Gasteiger partial charge on any atom is -0.374 e. The molecule has 0 aromatic heterocycles. The summed E-state index contributed by atoms with van der Waals surface area (Å²) in [7, 11) is 0. The molecule has 0 spiro atoms. The van der Waals surface area contributed by atoms with Crippen molar-refractivity contribution >= 4 is 39.3 Å². The molecule has 1 aromatic rings. The molecule has 0 bridgehead atoms. The highest BCUT2D eigenvalue weighted by Gasteiger charge is 2.14. The molecular formula is C12H17BrN2OS. The van der Waals surface area contributed by atoms with Crippen molar-refractivity contribution in [2.75, 3.05) is 17.3 Å². The second-order valence-corrected chi connectivity index (χ2v) is 5.64. The van der Waals surface area contributed by atoms with Gasteiger partial charge in [-0.1, -0.05) is 15.9 Å². The SMILES string of the molecule is CSCCCC(Nc1ccc(Br)cc1)C(N)=O. The van der Waals surface area contributed by atoms with Gasteiger partial charge < -0.3 is 11.1 Å². The number of hydrogen-bond donors (Lipinski definition) is 2. The average molecular weight is 317 g/mol. The summed E-state index contributed by atoms with van der Waals surface area (Å²) in [5.74, 6) is 0.750. The number of nitrogens with one attached hydrogen (secondary N) is 1. The summed E-state index contributed by atoms with van der Waals surface area (Å²) in [5.41, 5.74) is 6.30. The van der Waals surface area contributed by atoms with Gasteiger partial charge in [-0.2, -0.15) is 11.8 Å². The molecule has 1 amide bonds. The van der Waals surface area contributed by atoms with Gasteiger partial charge in [0.2, 0.25) is 5.91 Å². The van der Waals surface area contributed by atoms with Crippen molar-refractivity contribution in [3.8, 4) is 0 Å². The molecule has 0 saturated carbocycles. The molecule has 17 heavy (non-hydrogen) atoms. The first-order valence-electron chi connectivity index (χ1n) is 5.44. The lowest BCUT2D eigenvalue weighted by atomic mass is 10.1. The number of carbonyl (C=O) groups is 1.